The first kappa shape index (κ1) is 20.4. The second kappa shape index (κ2) is 8.84. The molecule has 3 aromatic carbocycles. The van der Waals surface area contributed by atoms with Crippen LogP contribution in [0.2, 0.25) is 0 Å². The van der Waals surface area contributed by atoms with Crippen molar-refractivity contribution in [2.45, 2.75) is 20.3 Å². The Hall–Kier alpha value is -3.92. The van der Waals surface area contributed by atoms with Gasteiger partial charge in [0.25, 0.3) is 0 Å². The van der Waals surface area contributed by atoms with Gasteiger partial charge in [-0.2, -0.15) is 0 Å². The van der Waals surface area contributed by atoms with Crippen LogP contribution in [0.4, 0.5) is 0 Å². The number of hydrogen-bond donors (Lipinski definition) is 0. The Balaban J connectivity index is 1.77. The Kier molecular flexibility index (Phi) is 5.80. The average molecular weight is 410 g/mol. The Morgan fingerprint density at radius 1 is 1.00 bits per heavy atom. The van der Waals surface area contributed by atoms with E-state index >= 15 is 0 Å². The number of carbonyl (C=O) groups excluding carboxylic acids is 1. The number of hydrogen-bond acceptors (Lipinski definition) is 4. The van der Waals surface area contributed by atoms with Crippen LogP contribution in [-0.4, -0.2) is 5.97 Å². The smallest absolute Gasteiger partial charge is 0.336 e. The summed E-state index contributed by atoms with van der Waals surface area (Å²) in [5.41, 5.74) is 3.75. The zero-order valence-electron chi connectivity index (χ0n) is 17.4. The van der Waals surface area contributed by atoms with Gasteiger partial charge in [0, 0.05) is 11.6 Å². The van der Waals surface area contributed by atoms with Crippen LogP contribution in [0.15, 0.2) is 88.1 Å². The summed E-state index contributed by atoms with van der Waals surface area (Å²) in [6, 6.07) is 22.4. The number of esters is 1. The minimum Gasteiger partial charge on any atom is -0.452 e. The van der Waals surface area contributed by atoms with Crippen LogP contribution in [0, 0.1) is 6.92 Å². The van der Waals surface area contributed by atoms with Crippen molar-refractivity contribution in [3.05, 3.63) is 106 Å². The molecule has 0 bridgehead atoms. The Labute approximate surface area is 180 Å². The first-order chi connectivity index (χ1) is 15.0. The summed E-state index contributed by atoms with van der Waals surface area (Å²) < 4.78 is 11.6. The molecule has 4 nitrogen and oxygen atoms in total. The number of fused-ring (bicyclic) bond motifs is 1. The van der Waals surface area contributed by atoms with Crippen molar-refractivity contribution in [1.82, 2.24) is 0 Å². The summed E-state index contributed by atoms with van der Waals surface area (Å²) in [6.45, 7) is 4.01. The molecule has 0 atom stereocenters. The van der Waals surface area contributed by atoms with Crippen LogP contribution in [0.3, 0.4) is 0 Å². The van der Waals surface area contributed by atoms with Gasteiger partial charge in [-0.3, -0.25) is 4.79 Å². The number of carbonyl (C=O) groups is 1. The highest BCUT2D eigenvalue weighted by Crippen LogP contribution is 2.31. The Bertz CT molecular complexity index is 1310. The number of rotatable bonds is 5. The van der Waals surface area contributed by atoms with Gasteiger partial charge in [0.15, 0.2) is 5.76 Å². The fourth-order valence-corrected chi connectivity index (χ4v) is 3.29. The molecule has 0 aliphatic carbocycles. The SMILES string of the molecule is CCc1ccc2oc(-c3ccccc3)c(OC(=O)C=Cc3ccc(C)cc3)c(=O)c2c1. The number of aryl methyl sites for hydroxylation is 2. The molecule has 31 heavy (non-hydrogen) atoms. The molecule has 0 N–H and O–H groups in total. The highest BCUT2D eigenvalue weighted by Gasteiger charge is 2.20. The first-order valence-electron chi connectivity index (χ1n) is 10.2. The number of ether oxygens (including phenoxy) is 1. The van der Waals surface area contributed by atoms with E-state index in [-0.39, 0.29) is 16.9 Å². The summed E-state index contributed by atoms with van der Waals surface area (Å²) in [6.07, 6.45) is 3.75. The molecule has 0 saturated carbocycles. The highest BCUT2D eigenvalue weighted by atomic mass is 16.5. The van der Waals surface area contributed by atoms with E-state index in [4.69, 9.17) is 9.15 Å². The van der Waals surface area contributed by atoms with Crippen molar-refractivity contribution < 1.29 is 13.9 Å². The molecular formula is C27H22O4. The van der Waals surface area contributed by atoms with Crippen molar-refractivity contribution in [3.8, 4) is 17.1 Å². The first-order valence-corrected chi connectivity index (χ1v) is 10.2. The van der Waals surface area contributed by atoms with Gasteiger partial charge >= 0.3 is 5.97 Å². The van der Waals surface area contributed by atoms with Crippen molar-refractivity contribution >= 4 is 23.0 Å². The van der Waals surface area contributed by atoms with Crippen LogP contribution in [-0.2, 0) is 11.2 Å². The maximum Gasteiger partial charge on any atom is 0.336 e. The molecule has 4 rings (SSSR count). The van der Waals surface area contributed by atoms with Gasteiger partial charge < -0.3 is 9.15 Å². The molecule has 0 aliphatic heterocycles. The minimum absolute atomic E-state index is 0.106. The third-order valence-electron chi connectivity index (χ3n) is 5.05. The van der Waals surface area contributed by atoms with Gasteiger partial charge in [-0.05, 0) is 42.7 Å². The zero-order chi connectivity index (χ0) is 21.8. The van der Waals surface area contributed by atoms with Gasteiger partial charge in [-0.1, -0.05) is 73.2 Å². The third kappa shape index (κ3) is 4.48. The van der Waals surface area contributed by atoms with E-state index in [1.54, 1.807) is 18.2 Å². The molecule has 0 saturated heterocycles. The molecule has 154 valence electrons. The van der Waals surface area contributed by atoms with Crippen molar-refractivity contribution in [3.63, 3.8) is 0 Å². The van der Waals surface area contributed by atoms with Crippen molar-refractivity contribution in [2.24, 2.45) is 0 Å². The van der Waals surface area contributed by atoms with Crippen LogP contribution in [0.25, 0.3) is 28.4 Å². The van der Waals surface area contributed by atoms with E-state index in [0.29, 0.717) is 16.5 Å². The van der Waals surface area contributed by atoms with Crippen LogP contribution in [0.5, 0.6) is 5.75 Å². The molecule has 4 aromatic rings. The number of benzene rings is 3. The molecule has 0 spiro atoms. The van der Waals surface area contributed by atoms with Gasteiger partial charge in [0.2, 0.25) is 11.2 Å². The largest absolute Gasteiger partial charge is 0.452 e. The topological polar surface area (TPSA) is 56.5 Å². The average Bonchev–Trinajstić information content (AvgIpc) is 2.80. The third-order valence-corrected chi connectivity index (χ3v) is 5.05. The summed E-state index contributed by atoms with van der Waals surface area (Å²) in [7, 11) is 0. The van der Waals surface area contributed by atoms with Gasteiger partial charge in [-0.15, -0.1) is 0 Å². The molecule has 0 aliphatic rings. The molecule has 0 unspecified atom stereocenters. The summed E-state index contributed by atoms with van der Waals surface area (Å²) in [4.78, 5) is 25.8. The maximum absolute atomic E-state index is 13.3. The van der Waals surface area contributed by atoms with E-state index in [1.165, 1.54) is 6.08 Å². The second-order valence-electron chi connectivity index (χ2n) is 7.30. The lowest BCUT2D eigenvalue weighted by molar-refractivity contribution is -0.129. The van der Waals surface area contributed by atoms with E-state index in [2.05, 4.69) is 0 Å². The summed E-state index contributed by atoms with van der Waals surface area (Å²) in [5, 5.41) is 0.393. The Morgan fingerprint density at radius 2 is 1.74 bits per heavy atom. The fourth-order valence-electron chi connectivity index (χ4n) is 3.29. The predicted octanol–water partition coefficient (Wildman–Crippen LogP) is 5.95. The predicted molar refractivity (Wildman–Crippen MR) is 123 cm³/mol. The van der Waals surface area contributed by atoms with E-state index < -0.39 is 5.97 Å². The molecule has 4 heteroatoms. The standard InChI is InChI=1S/C27H22O4/c1-3-19-13-15-23-22(17-19)25(29)27(26(30-23)21-7-5-4-6-8-21)31-24(28)16-14-20-11-9-18(2)10-12-20/h4-17H,3H2,1-2H3. The van der Waals surface area contributed by atoms with E-state index in [1.807, 2.05) is 74.5 Å². The summed E-state index contributed by atoms with van der Waals surface area (Å²) in [5.74, 6) is -0.513. The molecule has 1 heterocycles. The normalized spacial score (nSPS) is 11.2. The molecular weight excluding hydrogens is 388 g/mol. The van der Waals surface area contributed by atoms with Crippen LogP contribution >= 0.6 is 0 Å². The molecule has 0 amide bonds. The lowest BCUT2D eigenvalue weighted by atomic mass is 10.1. The molecule has 1 aromatic heterocycles. The van der Waals surface area contributed by atoms with Crippen molar-refractivity contribution in [2.75, 3.05) is 0 Å². The maximum atomic E-state index is 13.3. The van der Waals surface area contributed by atoms with Crippen LogP contribution in [0.1, 0.15) is 23.6 Å². The molecule has 0 fully saturated rings. The summed E-state index contributed by atoms with van der Waals surface area (Å²) >= 11 is 0. The van der Waals surface area contributed by atoms with Gasteiger partial charge in [0.05, 0.1) is 5.39 Å². The van der Waals surface area contributed by atoms with Crippen molar-refractivity contribution in [1.29, 1.82) is 0 Å². The Morgan fingerprint density at radius 3 is 2.45 bits per heavy atom. The zero-order valence-corrected chi connectivity index (χ0v) is 17.4. The second-order valence-corrected chi connectivity index (χ2v) is 7.30. The fraction of sp³-hybridized carbons (Fsp3) is 0.111. The van der Waals surface area contributed by atoms with E-state index in [0.717, 1.165) is 23.1 Å². The van der Waals surface area contributed by atoms with E-state index in [9.17, 15) is 9.59 Å². The minimum atomic E-state index is -0.643. The lowest BCUT2D eigenvalue weighted by Crippen LogP contribution is -2.14. The highest BCUT2D eigenvalue weighted by molar-refractivity contribution is 5.91. The quantitative estimate of drug-likeness (QED) is 0.301. The lowest BCUT2D eigenvalue weighted by Gasteiger charge is -2.10. The molecule has 0 radical (unpaired) electrons. The van der Waals surface area contributed by atoms with Crippen LogP contribution < -0.4 is 10.2 Å². The van der Waals surface area contributed by atoms with Gasteiger partial charge in [0.1, 0.15) is 5.58 Å². The monoisotopic (exact) mass is 410 g/mol. The van der Waals surface area contributed by atoms with Gasteiger partial charge in [-0.25, -0.2) is 4.79 Å².